The predicted octanol–water partition coefficient (Wildman–Crippen LogP) is 4.80. The Labute approximate surface area is 140 Å². The first-order valence-electron chi connectivity index (χ1n) is 7.46. The topological polar surface area (TPSA) is 21.3 Å². The lowest BCUT2D eigenvalue weighted by molar-refractivity contribution is 0.0605. The Balaban J connectivity index is 2.10. The molecular formula is C16H23ClINO. The van der Waals surface area contributed by atoms with Crippen LogP contribution in [0.2, 0.25) is 5.02 Å². The van der Waals surface area contributed by atoms with Crippen LogP contribution in [0.4, 0.5) is 0 Å². The summed E-state index contributed by atoms with van der Waals surface area (Å²) in [5.74, 6) is 0.757. The molecule has 0 saturated carbocycles. The minimum absolute atomic E-state index is 0.406. The molecule has 112 valence electrons. The lowest BCUT2D eigenvalue weighted by atomic mass is 9.89. The van der Waals surface area contributed by atoms with Crippen LogP contribution in [0.3, 0.4) is 0 Å². The zero-order valence-corrected chi connectivity index (χ0v) is 14.9. The maximum absolute atomic E-state index is 6.19. The first kappa shape index (κ1) is 16.5. The maximum atomic E-state index is 6.19. The van der Waals surface area contributed by atoms with Crippen molar-refractivity contribution in [2.75, 3.05) is 19.8 Å². The summed E-state index contributed by atoms with van der Waals surface area (Å²) in [6.45, 7) is 5.09. The normalized spacial score (nSPS) is 18.1. The molecule has 1 atom stereocenters. The Morgan fingerprint density at radius 2 is 2.15 bits per heavy atom. The molecule has 0 bridgehead atoms. The van der Waals surface area contributed by atoms with E-state index in [0.29, 0.717) is 6.04 Å². The Morgan fingerprint density at radius 3 is 2.85 bits per heavy atom. The monoisotopic (exact) mass is 407 g/mol. The highest BCUT2D eigenvalue weighted by atomic mass is 127. The van der Waals surface area contributed by atoms with Crippen LogP contribution in [0.15, 0.2) is 18.2 Å². The molecule has 1 saturated heterocycles. The van der Waals surface area contributed by atoms with E-state index in [4.69, 9.17) is 16.3 Å². The van der Waals surface area contributed by atoms with Gasteiger partial charge in [0.2, 0.25) is 0 Å². The second-order valence-corrected chi connectivity index (χ2v) is 7.06. The highest BCUT2D eigenvalue weighted by Crippen LogP contribution is 2.31. The van der Waals surface area contributed by atoms with Crippen LogP contribution in [0.1, 0.15) is 44.2 Å². The van der Waals surface area contributed by atoms with Gasteiger partial charge in [0, 0.05) is 27.8 Å². The van der Waals surface area contributed by atoms with Gasteiger partial charge in [-0.25, -0.2) is 0 Å². The third-order valence-corrected chi connectivity index (χ3v) is 5.10. The molecule has 0 spiro atoms. The molecular weight excluding hydrogens is 385 g/mol. The zero-order chi connectivity index (χ0) is 14.4. The molecule has 4 heteroatoms. The highest BCUT2D eigenvalue weighted by molar-refractivity contribution is 14.1. The number of benzene rings is 1. The largest absolute Gasteiger partial charge is 0.381 e. The number of ether oxygens (including phenoxy) is 1. The number of hydrogen-bond acceptors (Lipinski definition) is 2. The second kappa shape index (κ2) is 8.57. The number of rotatable bonds is 6. The van der Waals surface area contributed by atoms with E-state index in [2.05, 4.69) is 47.0 Å². The van der Waals surface area contributed by atoms with Crippen LogP contribution >= 0.6 is 34.2 Å². The van der Waals surface area contributed by atoms with Crippen LogP contribution in [0.25, 0.3) is 0 Å². The molecule has 2 nitrogen and oxygen atoms in total. The molecule has 2 rings (SSSR count). The van der Waals surface area contributed by atoms with E-state index in [-0.39, 0.29) is 0 Å². The summed E-state index contributed by atoms with van der Waals surface area (Å²) < 4.78 is 6.77. The fraction of sp³-hybridized carbons (Fsp3) is 0.625. The fourth-order valence-electron chi connectivity index (χ4n) is 2.74. The van der Waals surface area contributed by atoms with Crippen LogP contribution in [0.5, 0.6) is 0 Å². The Morgan fingerprint density at radius 1 is 1.40 bits per heavy atom. The summed E-state index contributed by atoms with van der Waals surface area (Å²) in [6.07, 6.45) is 4.70. The standard InChI is InChI=1S/C16H23ClINO/c1-2-7-19-16(10-12-5-8-20-9-6-12)14-11-13(17)3-4-15(14)18/h3-4,11-12,16,19H,2,5-10H2,1H3. The van der Waals surface area contributed by atoms with Crippen molar-refractivity contribution in [1.82, 2.24) is 5.32 Å². The first-order valence-corrected chi connectivity index (χ1v) is 8.92. The summed E-state index contributed by atoms with van der Waals surface area (Å²) >= 11 is 8.60. The van der Waals surface area contributed by atoms with Crippen LogP contribution in [-0.4, -0.2) is 19.8 Å². The van der Waals surface area contributed by atoms with Gasteiger partial charge in [-0.05, 0) is 84.5 Å². The van der Waals surface area contributed by atoms with Gasteiger partial charge in [0.25, 0.3) is 0 Å². The average Bonchev–Trinajstić information content (AvgIpc) is 2.47. The first-order chi connectivity index (χ1) is 9.70. The highest BCUT2D eigenvalue weighted by Gasteiger charge is 2.21. The Hall–Kier alpha value is 0.160. The van der Waals surface area contributed by atoms with Gasteiger partial charge in [-0.3, -0.25) is 0 Å². The quantitative estimate of drug-likeness (QED) is 0.684. The second-order valence-electron chi connectivity index (χ2n) is 5.46. The maximum Gasteiger partial charge on any atom is 0.0468 e. The lowest BCUT2D eigenvalue weighted by Crippen LogP contribution is -2.27. The third kappa shape index (κ3) is 4.86. The van der Waals surface area contributed by atoms with Gasteiger partial charge >= 0.3 is 0 Å². The van der Waals surface area contributed by atoms with Gasteiger partial charge in [-0.1, -0.05) is 18.5 Å². The molecule has 0 amide bonds. The minimum atomic E-state index is 0.406. The van der Waals surface area contributed by atoms with Crippen molar-refractivity contribution in [1.29, 1.82) is 0 Å². The molecule has 1 aliphatic rings. The van der Waals surface area contributed by atoms with Crippen molar-refractivity contribution >= 4 is 34.2 Å². The summed E-state index contributed by atoms with van der Waals surface area (Å²) in [4.78, 5) is 0. The van der Waals surface area contributed by atoms with Crippen molar-refractivity contribution in [3.63, 3.8) is 0 Å². The van der Waals surface area contributed by atoms with Gasteiger partial charge < -0.3 is 10.1 Å². The molecule has 0 aliphatic carbocycles. The zero-order valence-electron chi connectivity index (χ0n) is 12.0. The van der Waals surface area contributed by atoms with E-state index in [1.807, 2.05) is 6.07 Å². The van der Waals surface area contributed by atoms with Gasteiger partial charge in [0.05, 0.1) is 0 Å². The smallest absolute Gasteiger partial charge is 0.0468 e. The van der Waals surface area contributed by atoms with E-state index < -0.39 is 0 Å². The molecule has 1 fully saturated rings. The predicted molar refractivity (Wildman–Crippen MR) is 93.4 cm³/mol. The average molecular weight is 408 g/mol. The fourth-order valence-corrected chi connectivity index (χ4v) is 3.63. The van der Waals surface area contributed by atoms with E-state index >= 15 is 0 Å². The number of nitrogens with one attached hydrogen (secondary N) is 1. The van der Waals surface area contributed by atoms with Gasteiger partial charge in [0.1, 0.15) is 0 Å². The van der Waals surface area contributed by atoms with E-state index in [9.17, 15) is 0 Å². The van der Waals surface area contributed by atoms with E-state index in [1.54, 1.807) is 0 Å². The minimum Gasteiger partial charge on any atom is -0.381 e. The molecule has 20 heavy (non-hydrogen) atoms. The van der Waals surface area contributed by atoms with Crippen LogP contribution in [-0.2, 0) is 4.74 Å². The number of hydrogen-bond donors (Lipinski definition) is 1. The van der Waals surface area contributed by atoms with Crippen molar-refractivity contribution < 1.29 is 4.74 Å². The Kier molecular flexibility index (Phi) is 7.08. The van der Waals surface area contributed by atoms with Gasteiger partial charge in [-0.2, -0.15) is 0 Å². The van der Waals surface area contributed by atoms with E-state index in [0.717, 1.165) is 37.1 Å². The van der Waals surface area contributed by atoms with Crippen molar-refractivity contribution in [3.05, 3.63) is 32.4 Å². The van der Waals surface area contributed by atoms with Crippen molar-refractivity contribution in [3.8, 4) is 0 Å². The molecule has 1 aliphatic heterocycles. The van der Waals surface area contributed by atoms with Crippen LogP contribution in [0, 0.1) is 9.49 Å². The van der Waals surface area contributed by atoms with Crippen molar-refractivity contribution in [2.24, 2.45) is 5.92 Å². The molecule has 1 heterocycles. The lowest BCUT2D eigenvalue weighted by Gasteiger charge is -2.28. The molecule has 0 radical (unpaired) electrons. The summed E-state index contributed by atoms with van der Waals surface area (Å²) in [7, 11) is 0. The summed E-state index contributed by atoms with van der Waals surface area (Å²) in [5, 5.41) is 4.53. The summed E-state index contributed by atoms with van der Waals surface area (Å²) in [6, 6.07) is 6.61. The van der Waals surface area contributed by atoms with Crippen molar-refractivity contribution in [2.45, 2.75) is 38.6 Å². The molecule has 1 aromatic carbocycles. The van der Waals surface area contributed by atoms with Crippen LogP contribution < -0.4 is 5.32 Å². The van der Waals surface area contributed by atoms with Gasteiger partial charge in [0.15, 0.2) is 0 Å². The number of halogens is 2. The van der Waals surface area contributed by atoms with E-state index in [1.165, 1.54) is 28.4 Å². The molecule has 1 aromatic rings. The molecule has 1 unspecified atom stereocenters. The SMILES string of the molecule is CCCNC(CC1CCOCC1)c1cc(Cl)ccc1I. The molecule has 0 aromatic heterocycles. The Bertz CT molecular complexity index is 421. The summed E-state index contributed by atoms with van der Waals surface area (Å²) in [5.41, 5.74) is 1.35. The third-order valence-electron chi connectivity index (χ3n) is 3.88. The molecule has 1 N–H and O–H groups in total. The van der Waals surface area contributed by atoms with Gasteiger partial charge in [-0.15, -0.1) is 0 Å².